The quantitative estimate of drug-likeness (QED) is 0.805. The second-order valence-electron chi connectivity index (χ2n) is 6.58. The van der Waals surface area contributed by atoms with Crippen LogP contribution in [0.2, 0.25) is 0 Å². The van der Waals surface area contributed by atoms with Crippen molar-refractivity contribution in [1.29, 1.82) is 0 Å². The molecule has 2 aromatic rings. The Bertz CT molecular complexity index is 660. The molecule has 2 fully saturated rings. The SMILES string of the molecule is CCOc1ccc(-c2nnc(N3CCN(CC4CC4)CC3)s2)cc1. The van der Waals surface area contributed by atoms with Crippen molar-refractivity contribution in [2.75, 3.05) is 44.2 Å². The van der Waals surface area contributed by atoms with Crippen molar-refractivity contribution in [3.05, 3.63) is 24.3 Å². The highest BCUT2D eigenvalue weighted by Crippen LogP contribution is 2.32. The zero-order valence-electron chi connectivity index (χ0n) is 14.1. The lowest BCUT2D eigenvalue weighted by atomic mass is 10.2. The summed E-state index contributed by atoms with van der Waals surface area (Å²) in [7, 11) is 0. The van der Waals surface area contributed by atoms with E-state index in [2.05, 4.69) is 32.1 Å². The van der Waals surface area contributed by atoms with Crippen LogP contribution in [0.5, 0.6) is 5.75 Å². The monoisotopic (exact) mass is 344 g/mol. The van der Waals surface area contributed by atoms with E-state index in [9.17, 15) is 0 Å². The zero-order chi connectivity index (χ0) is 16.4. The maximum absolute atomic E-state index is 5.49. The third-order valence-electron chi connectivity index (χ3n) is 4.68. The Morgan fingerprint density at radius 3 is 2.50 bits per heavy atom. The molecule has 6 heteroatoms. The fraction of sp³-hybridized carbons (Fsp3) is 0.556. The number of ether oxygens (including phenoxy) is 1. The highest BCUT2D eigenvalue weighted by Gasteiger charge is 2.27. The summed E-state index contributed by atoms with van der Waals surface area (Å²) < 4.78 is 5.49. The lowest BCUT2D eigenvalue weighted by Crippen LogP contribution is -2.47. The molecule has 5 nitrogen and oxygen atoms in total. The summed E-state index contributed by atoms with van der Waals surface area (Å²) in [6, 6.07) is 8.11. The average molecular weight is 344 g/mol. The first-order valence-electron chi connectivity index (χ1n) is 8.86. The van der Waals surface area contributed by atoms with E-state index >= 15 is 0 Å². The smallest absolute Gasteiger partial charge is 0.208 e. The minimum absolute atomic E-state index is 0.690. The van der Waals surface area contributed by atoms with E-state index in [4.69, 9.17) is 4.74 Å². The molecule has 4 rings (SSSR count). The van der Waals surface area contributed by atoms with Crippen LogP contribution in [0.4, 0.5) is 5.13 Å². The summed E-state index contributed by atoms with van der Waals surface area (Å²) in [5.41, 5.74) is 1.11. The normalized spacial score (nSPS) is 18.8. The van der Waals surface area contributed by atoms with Gasteiger partial charge in [0.2, 0.25) is 5.13 Å². The van der Waals surface area contributed by atoms with E-state index in [1.54, 1.807) is 11.3 Å². The number of benzene rings is 1. The molecule has 0 bridgehead atoms. The summed E-state index contributed by atoms with van der Waals surface area (Å²) >= 11 is 1.68. The zero-order valence-corrected chi connectivity index (χ0v) is 15.0. The number of piperazine rings is 1. The van der Waals surface area contributed by atoms with Gasteiger partial charge in [0.25, 0.3) is 0 Å². The molecule has 1 saturated carbocycles. The van der Waals surface area contributed by atoms with Crippen molar-refractivity contribution in [2.24, 2.45) is 5.92 Å². The van der Waals surface area contributed by atoms with Gasteiger partial charge >= 0.3 is 0 Å². The average Bonchev–Trinajstić information content (AvgIpc) is 3.29. The highest BCUT2D eigenvalue weighted by molar-refractivity contribution is 7.18. The van der Waals surface area contributed by atoms with E-state index in [0.717, 1.165) is 53.5 Å². The molecule has 128 valence electrons. The van der Waals surface area contributed by atoms with E-state index < -0.39 is 0 Å². The van der Waals surface area contributed by atoms with Crippen LogP contribution in [0.15, 0.2) is 24.3 Å². The Labute approximate surface area is 147 Å². The summed E-state index contributed by atoms with van der Waals surface area (Å²) in [5.74, 6) is 1.88. The molecule has 1 aliphatic heterocycles. The number of nitrogens with zero attached hydrogens (tertiary/aromatic N) is 4. The Morgan fingerprint density at radius 1 is 1.08 bits per heavy atom. The Balaban J connectivity index is 1.37. The van der Waals surface area contributed by atoms with Crippen molar-refractivity contribution >= 4 is 16.5 Å². The fourth-order valence-electron chi connectivity index (χ4n) is 3.11. The molecule has 2 aliphatic rings. The lowest BCUT2D eigenvalue weighted by Gasteiger charge is -2.34. The highest BCUT2D eigenvalue weighted by atomic mass is 32.1. The van der Waals surface area contributed by atoms with Crippen LogP contribution in [0.1, 0.15) is 19.8 Å². The van der Waals surface area contributed by atoms with E-state index in [1.807, 2.05) is 19.1 Å². The van der Waals surface area contributed by atoms with Crippen LogP contribution in [0.25, 0.3) is 10.6 Å². The lowest BCUT2D eigenvalue weighted by molar-refractivity contribution is 0.248. The minimum atomic E-state index is 0.690. The van der Waals surface area contributed by atoms with Gasteiger partial charge in [-0.25, -0.2) is 0 Å². The van der Waals surface area contributed by atoms with Crippen LogP contribution in [0, 0.1) is 5.92 Å². The van der Waals surface area contributed by atoms with Gasteiger partial charge in [0.05, 0.1) is 6.61 Å². The largest absolute Gasteiger partial charge is 0.494 e. The van der Waals surface area contributed by atoms with Gasteiger partial charge in [0.15, 0.2) is 0 Å². The van der Waals surface area contributed by atoms with Crippen LogP contribution in [0.3, 0.4) is 0 Å². The first kappa shape index (κ1) is 15.8. The van der Waals surface area contributed by atoms with Crippen molar-refractivity contribution in [1.82, 2.24) is 15.1 Å². The molecular weight excluding hydrogens is 320 g/mol. The summed E-state index contributed by atoms with van der Waals surface area (Å²) in [5, 5.41) is 10.8. The van der Waals surface area contributed by atoms with Gasteiger partial charge in [0.1, 0.15) is 10.8 Å². The molecule has 0 atom stereocenters. The summed E-state index contributed by atoms with van der Waals surface area (Å²) in [6.45, 7) is 8.39. The number of hydrogen-bond acceptors (Lipinski definition) is 6. The van der Waals surface area contributed by atoms with E-state index in [0.29, 0.717) is 6.61 Å². The third-order valence-corrected chi connectivity index (χ3v) is 5.72. The van der Waals surface area contributed by atoms with E-state index in [1.165, 1.54) is 19.4 Å². The standard InChI is InChI=1S/C18H24N4OS/c1-2-23-16-7-5-15(6-8-16)17-19-20-18(24-17)22-11-9-21(10-12-22)13-14-3-4-14/h5-8,14H,2-4,9-13H2,1H3. The second-order valence-corrected chi connectivity index (χ2v) is 7.53. The number of aromatic nitrogens is 2. The predicted molar refractivity (Wildman–Crippen MR) is 97.9 cm³/mol. The molecule has 0 radical (unpaired) electrons. The van der Waals surface area contributed by atoms with Crippen molar-refractivity contribution in [3.63, 3.8) is 0 Å². The fourth-order valence-corrected chi connectivity index (χ4v) is 4.01. The summed E-state index contributed by atoms with van der Waals surface area (Å²) in [6.07, 6.45) is 2.87. The van der Waals surface area contributed by atoms with E-state index in [-0.39, 0.29) is 0 Å². The first-order chi connectivity index (χ1) is 11.8. The van der Waals surface area contributed by atoms with Crippen molar-refractivity contribution < 1.29 is 4.74 Å². The first-order valence-corrected chi connectivity index (χ1v) is 9.67. The maximum Gasteiger partial charge on any atom is 0.208 e. The van der Waals surface area contributed by atoms with Gasteiger partial charge < -0.3 is 9.64 Å². The molecule has 0 unspecified atom stereocenters. The van der Waals surface area contributed by atoms with Gasteiger partial charge in [-0.15, -0.1) is 10.2 Å². The Kier molecular flexibility index (Phi) is 4.67. The molecular formula is C18H24N4OS. The Hall–Kier alpha value is -1.66. The molecule has 1 saturated heterocycles. The third kappa shape index (κ3) is 3.70. The van der Waals surface area contributed by atoms with Crippen LogP contribution < -0.4 is 9.64 Å². The van der Waals surface area contributed by atoms with Crippen LogP contribution in [-0.4, -0.2) is 54.4 Å². The molecule has 24 heavy (non-hydrogen) atoms. The maximum atomic E-state index is 5.49. The van der Waals surface area contributed by atoms with Gasteiger partial charge in [0, 0.05) is 38.3 Å². The number of rotatable bonds is 6. The number of hydrogen-bond donors (Lipinski definition) is 0. The second kappa shape index (κ2) is 7.07. The van der Waals surface area contributed by atoms with Crippen LogP contribution >= 0.6 is 11.3 Å². The van der Waals surface area contributed by atoms with Gasteiger partial charge in [-0.1, -0.05) is 11.3 Å². The van der Waals surface area contributed by atoms with Gasteiger partial charge in [-0.05, 0) is 49.9 Å². The van der Waals surface area contributed by atoms with Gasteiger partial charge in [-0.2, -0.15) is 0 Å². The molecule has 0 spiro atoms. The van der Waals surface area contributed by atoms with Crippen molar-refractivity contribution in [2.45, 2.75) is 19.8 Å². The Morgan fingerprint density at radius 2 is 1.83 bits per heavy atom. The number of anilines is 1. The molecule has 1 aliphatic carbocycles. The molecule has 0 N–H and O–H groups in total. The van der Waals surface area contributed by atoms with Crippen LogP contribution in [-0.2, 0) is 0 Å². The molecule has 0 amide bonds. The molecule has 2 heterocycles. The van der Waals surface area contributed by atoms with Crippen molar-refractivity contribution in [3.8, 4) is 16.3 Å². The van der Waals surface area contributed by atoms with Gasteiger partial charge in [-0.3, -0.25) is 4.90 Å². The molecule has 1 aromatic heterocycles. The molecule has 1 aromatic carbocycles. The minimum Gasteiger partial charge on any atom is -0.494 e. The topological polar surface area (TPSA) is 41.5 Å². The predicted octanol–water partition coefficient (Wildman–Crippen LogP) is 3.14. The summed E-state index contributed by atoms with van der Waals surface area (Å²) in [4.78, 5) is 4.97.